The molecule has 3 aromatic rings. The molecule has 2 heterocycles. The predicted molar refractivity (Wildman–Crippen MR) is 123 cm³/mol. The number of aliphatic hydroxyl groups is 1. The Morgan fingerprint density at radius 2 is 2.10 bits per heavy atom. The van der Waals surface area contributed by atoms with Gasteiger partial charge in [0.05, 0.1) is 11.9 Å². The van der Waals surface area contributed by atoms with Gasteiger partial charge in [0.1, 0.15) is 29.1 Å². The number of aromatic nitrogens is 2. The Labute approximate surface area is 185 Å². The van der Waals surface area contributed by atoms with Gasteiger partial charge < -0.3 is 14.8 Å². The second-order valence-corrected chi connectivity index (χ2v) is 9.88. The van der Waals surface area contributed by atoms with Crippen LogP contribution in [-0.2, 0) is 19.4 Å². The number of H-pyrrole nitrogens is 1. The number of hydrogen-bond acceptors (Lipinski definition) is 6. The highest BCUT2D eigenvalue weighted by Gasteiger charge is 2.31. The first kappa shape index (κ1) is 20.7. The fourth-order valence-corrected chi connectivity index (χ4v) is 5.77. The van der Waals surface area contributed by atoms with Crippen molar-refractivity contribution in [3.63, 3.8) is 0 Å². The summed E-state index contributed by atoms with van der Waals surface area (Å²) in [6.45, 7) is 3.28. The SMILES string of the molecule is Cc1ccccc1OCC(O)CN(Cc1nc2sc3c(c2c(=O)[nH]1)CCCC3)C1CC1. The molecule has 1 unspecified atom stereocenters. The maximum absolute atomic E-state index is 12.8. The van der Waals surface area contributed by atoms with E-state index in [1.165, 1.54) is 16.9 Å². The van der Waals surface area contributed by atoms with Crippen LogP contribution in [-0.4, -0.2) is 45.3 Å². The van der Waals surface area contributed by atoms with E-state index in [2.05, 4.69) is 9.88 Å². The minimum Gasteiger partial charge on any atom is -0.491 e. The summed E-state index contributed by atoms with van der Waals surface area (Å²) in [5.41, 5.74) is 2.26. The lowest BCUT2D eigenvalue weighted by Crippen LogP contribution is -2.37. The highest BCUT2D eigenvalue weighted by molar-refractivity contribution is 7.18. The molecule has 164 valence electrons. The van der Waals surface area contributed by atoms with Crippen molar-refractivity contribution in [3.05, 3.63) is 56.4 Å². The molecule has 0 bridgehead atoms. The Bertz CT molecular complexity index is 1130. The van der Waals surface area contributed by atoms with Gasteiger partial charge >= 0.3 is 0 Å². The van der Waals surface area contributed by atoms with Gasteiger partial charge in [-0.15, -0.1) is 11.3 Å². The summed E-state index contributed by atoms with van der Waals surface area (Å²) < 4.78 is 5.82. The molecule has 0 radical (unpaired) electrons. The lowest BCUT2D eigenvalue weighted by molar-refractivity contribution is 0.0615. The topological polar surface area (TPSA) is 78.5 Å². The van der Waals surface area contributed by atoms with Crippen molar-refractivity contribution in [1.29, 1.82) is 0 Å². The zero-order valence-electron chi connectivity index (χ0n) is 17.9. The molecule has 31 heavy (non-hydrogen) atoms. The lowest BCUT2D eigenvalue weighted by Gasteiger charge is -2.24. The van der Waals surface area contributed by atoms with Gasteiger partial charge in [0.15, 0.2) is 0 Å². The number of aromatic amines is 1. The van der Waals surface area contributed by atoms with Gasteiger partial charge in [0.25, 0.3) is 5.56 Å². The normalized spacial score (nSPS) is 17.1. The van der Waals surface area contributed by atoms with Crippen LogP contribution in [0.1, 0.15) is 47.5 Å². The van der Waals surface area contributed by atoms with E-state index < -0.39 is 6.10 Å². The van der Waals surface area contributed by atoms with Gasteiger partial charge in [0.2, 0.25) is 0 Å². The molecule has 1 aromatic carbocycles. The molecule has 2 aliphatic carbocycles. The number of thiophene rings is 1. The Balaban J connectivity index is 1.28. The van der Waals surface area contributed by atoms with Crippen LogP contribution in [0.4, 0.5) is 0 Å². The van der Waals surface area contributed by atoms with Crippen molar-refractivity contribution in [2.75, 3.05) is 13.2 Å². The monoisotopic (exact) mass is 439 g/mol. The van der Waals surface area contributed by atoms with E-state index in [9.17, 15) is 9.90 Å². The van der Waals surface area contributed by atoms with Crippen LogP contribution >= 0.6 is 11.3 Å². The number of fused-ring (bicyclic) bond motifs is 3. The van der Waals surface area contributed by atoms with Crippen molar-refractivity contribution in [2.45, 2.75) is 64.1 Å². The summed E-state index contributed by atoms with van der Waals surface area (Å²) in [5, 5.41) is 11.4. The van der Waals surface area contributed by atoms with Gasteiger partial charge in [-0.3, -0.25) is 9.69 Å². The second kappa shape index (κ2) is 8.73. The van der Waals surface area contributed by atoms with Crippen LogP contribution in [0, 0.1) is 6.92 Å². The van der Waals surface area contributed by atoms with Crippen LogP contribution in [0.15, 0.2) is 29.1 Å². The number of nitrogens with zero attached hydrogens (tertiary/aromatic N) is 2. The van der Waals surface area contributed by atoms with Gasteiger partial charge in [-0.2, -0.15) is 0 Å². The molecule has 1 saturated carbocycles. The van der Waals surface area contributed by atoms with Gasteiger partial charge in [-0.1, -0.05) is 18.2 Å². The van der Waals surface area contributed by atoms with E-state index >= 15 is 0 Å². The molecule has 1 atom stereocenters. The van der Waals surface area contributed by atoms with E-state index in [0.29, 0.717) is 25.0 Å². The molecule has 0 spiro atoms. The fourth-order valence-electron chi connectivity index (χ4n) is 4.49. The molecule has 1 fully saturated rings. The Hall–Kier alpha value is -2.22. The second-order valence-electron chi connectivity index (χ2n) is 8.79. The number of aliphatic hydroxyl groups excluding tert-OH is 1. The average Bonchev–Trinajstić information content (AvgIpc) is 3.53. The average molecular weight is 440 g/mol. The van der Waals surface area contributed by atoms with E-state index in [0.717, 1.165) is 53.6 Å². The number of rotatable bonds is 8. The summed E-state index contributed by atoms with van der Waals surface area (Å²) in [6, 6.07) is 8.27. The van der Waals surface area contributed by atoms with E-state index in [1.54, 1.807) is 11.3 Å². The molecule has 2 N–H and O–H groups in total. The fraction of sp³-hybridized carbons (Fsp3) is 0.500. The van der Waals surface area contributed by atoms with Crippen molar-refractivity contribution >= 4 is 21.6 Å². The minimum absolute atomic E-state index is 0.0152. The first-order valence-electron chi connectivity index (χ1n) is 11.2. The summed E-state index contributed by atoms with van der Waals surface area (Å²) >= 11 is 1.68. The molecule has 7 heteroatoms. The molecule has 0 amide bonds. The first-order chi connectivity index (χ1) is 15.1. The minimum atomic E-state index is -0.607. The number of ether oxygens (including phenoxy) is 1. The number of benzene rings is 1. The first-order valence-corrected chi connectivity index (χ1v) is 12.0. The quantitative estimate of drug-likeness (QED) is 0.561. The largest absolute Gasteiger partial charge is 0.491 e. The highest BCUT2D eigenvalue weighted by atomic mass is 32.1. The molecule has 0 saturated heterocycles. The van der Waals surface area contributed by atoms with Crippen molar-refractivity contribution in [1.82, 2.24) is 14.9 Å². The van der Waals surface area contributed by atoms with Crippen LogP contribution in [0.3, 0.4) is 0 Å². The smallest absolute Gasteiger partial charge is 0.259 e. The van der Waals surface area contributed by atoms with Crippen LogP contribution < -0.4 is 10.3 Å². The van der Waals surface area contributed by atoms with Crippen LogP contribution in [0.2, 0.25) is 0 Å². The van der Waals surface area contributed by atoms with E-state index in [1.807, 2.05) is 31.2 Å². The van der Waals surface area contributed by atoms with Gasteiger partial charge in [0, 0.05) is 17.5 Å². The van der Waals surface area contributed by atoms with Crippen LogP contribution in [0.25, 0.3) is 10.2 Å². The third-order valence-electron chi connectivity index (χ3n) is 6.26. The summed E-state index contributed by atoms with van der Waals surface area (Å²) in [6.07, 6.45) is 6.02. The predicted octanol–water partition coefficient (Wildman–Crippen LogP) is 3.58. The van der Waals surface area contributed by atoms with Crippen molar-refractivity contribution in [3.8, 4) is 5.75 Å². The number of nitrogens with one attached hydrogen (secondary N) is 1. The zero-order valence-corrected chi connectivity index (χ0v) is 18.7. The van der Waals surface area contributed by atoms with Gasteiger partial charge in [-0.25, -0.2) is 4.98 Å². The Morgan fingerprint density at radius 1 is 1.29 bits per heavy atom. The third-order valence-corrected chi connectivity index (χ3v) is 7.45. The molecule has 2 aliphatic rings. The lowest BCUT2D eigenvalue weighted by atomic mass is 9.97. The van der Waals surface area contributed by atoms with Crippen molar-refractivity contribution < 1.29 is 9.84 Å². The number of hydrogen-bond donors (Lipinski definition) is 2. The molecular formula is C24H29N3O3S. The maximum Gasteiger partial charge on any atom is 0.259 e. The molecule has 2 aromatic heterocycles. The molecular weight excluding hydrogens is 410 g/mol. The third kappa shape index (κ3) is 4.54. The van der Waals surface area contributed by atoms with E-state index in [4.69, 9.17) is 9.72 Å². The Kier molecular flexibility index (Phi) is 5.82. The Morgan fingerprint density at radius 3 is 2.90 bits per heavy atom. The summed E-state index contributed by atoms with van der Waals surface area (Å²) in [7, 11) is 0. The highest BCUT2D eigenvalue weighted by Crippen LogP contribution is 2.34. The zero-order chi connectivity index (χ0) is 21.4. The molecule has 0 aliphatic heterocycles. The van der Waals surface area contributed by atoms with Crippen LogP contribution in [0.5, 0.6) is 5.75 Å². The maximum atomic E-state index is 12.8. The van der Waals surface area contributed by atoms with Crippen molar-refractivity contribution in [2.24, 2.45) is 0 Å². The standard InChI is InChI=1S/C24H29N3O3S/c1-15-6-2-4-8-19(15)30-14-17(28)12-27(16-10-11-16)13-21-25-23(29)22-18-7-3-5-9-20(18)31-24(22)26-21/h2,4,6,8,16-17,28H,3,5,7,9-14H2,1H3,(H,25,26,29). The number of aryl methyl sites for hydroxylation is 3. The summed E-state index contributed by atoms with van der Waals surface area (Å²) in [5.74, 6) is 1.49. The number of para-hydroxylation sites is 1. The molecule has 6 nitrogen and oxygen atoms in total. The molecule has 5 rings (SSSR count). The van der Waals surface area contributed by atoms with Gasteiger partial charge in [-0.05, 0) is 62.6 Å². The summed E-state index contributed by atoms with van der Waals surface area (Å²) in [4.78, 5) is 25.1. The van der Waals surface area contributed by atoms with E-state index in [-0.39, 0.29) is 12.2 Å².